The molecule has 1 heterocycles. The first-order chi connectivity index (χ1) is 9.38. The number of nitrogens with one attached hydrogen (secondary N) is 1. The van der Waals surface area contributed by atoms with Gasteiger partial charge in [0.1, 0.15) is 5.69 Å². The summed E-state index contributed by atoms with van der Waals surface area (Å²) in [5, 5.41) is 16.5. The van der Waals surface area contributed by atoms with E-state index in [9.17, 15) is 14.9 Å². The molecule has 0 spiro atoms. The average molecular weight is 298 g/mol. The zero-order valence-electron chi connectivity index (χ0n) is 10.1. The topological polar surface area (TPSA) is 137 Å². The lowest BCUT2D eigenvalue weighted by Crippen LogP contribution is -2.13. The van der Waals surface area contributed by atoms with E-state index in [1.807, 2.05) is 0 Å². The molecule has 1 amide bonds. The second kappa shape index (κ2) is 5.13. The number of hydrogen-bond acceptors (Lipinski definition) is 7. The molecule has 0 saturated carbocycles. The van der Waals surface area contributed by atoms with Crippen LogP contribution in [0.15, 0.2) is 16.7 Å². The Balaban J connectivity index is 2.32. The Kier molecular flexibility index (Phi) is 3.53. The number of anilines is 2. The molecule has 0 bridgehead atoms. The van der Waals surface area contributed by atoms with E-state index in [0.717, 1.165) is 6.07 Å². The van der Waals surface area contributed by atoms with Crippen molar-refractivity contribution in [2.75, 3.05) is 11.1 Å². The quantitative estimate of drug-likeness (QED) is 0.500. The number of aryl methyl sites for hydroxylation is 1. The number of rotatable bonds is 3. The number of nitro benzene ring substituents is 1. The SMILES string of the molecule is Cc1noc(NC(=O)c2cc(Cl)c(N)c([N+](=O)[O-])c2)n1. The monoisotopic (exact) mass is 297 g/mol. The Hall–Kier alpha value is -2.68. The third-order valence-electron chi connectivity index (χ3n) is 2.31. The summed E-state index contributed by atoms with van der Waals surface area (Å²) < 4.78 is 4.70. The Labute approximate surface area is 116 Å². The van der Waals surface area contributed by atoms with Crippen molar-refractivity contribution in [1.29, 1.82) is 0 Å². The number of carbonyl (C=O) groups excluding carboxylic acids is 1. The predicted octanol–water partition coefficient (Wildman–Crippen LogP) is 1.77. The first-order valence-electron chi connectivity index (χ1n) is 5.23. The molecular formula is C10H8ClN5O4. The van der Waals surface area contributed by atoms with Crippen LogP contribution in [0.5, 0.6) is 0 Å². The molecule has 0 radical (unpaired) electrons. The summed E-state index contributed by atoms with van der Waals surface area (Å²) in [6.45, 7) is 1.57. The smallest absolute Gasteiger partial charge is 0.328 e. The van der Waals surface area contributed by atoms with E-state index >= 15 is 0 Å². The molecular weight excluding hydrogens is 290 g/mol. The van der Waals surface area contributed by atoms with Crippen LogP contribution < -0.4 is 11.1 Å². The summed E-state index contributed by atoms with van der Waals surface area (Å²) in [6.07, 6.45) is 0. The second-order valence-corrected chi connectivity index (χ2v) is 4.16. The normalized spacial score (nSPS) is 10.3. The van der Waals surface area contributed by atoms with Crippen molar-refractivity contribution in [2.24, 2.45) is 0 Å². The molecule has 0 unspecified atom stereocenters. The number of nitrogens with zero attached hydrogens (tertiary/aromatic N) is 3. The first kappa shape index (κ1) is 13.7. The maximum Gasteiger partial charge on any atom is 0.328 e. The van der Waals surface area contributed by atoms with Crippen LogP contribution in [0.1, 0.15) is 16.2 Å². The van der Waals surface area contributed by atoms with Gasteiger partial charge in [0.25, 0.3) is 11.6 Å². The minimum atomic E-state index is -0.727. The van der Waals surface area contributed by atoms with Crippen LogP contribution in [0, 0.1) is 17.0 Å². The Bertz CT molecular complexity index is 699. The van der Waals surface area contributed by atoms with Crippen LogP contribution >= 0.6 is 11.6 Å². The summed E-state index contributed by atoms with van der Waals surface area (Å²) >= 11 is 5.75. The number of halogens is 1. The van der Waals surface area contributed by atoms with Gasteiger partial charge in [-0.2, -0.15) is 4.98 Å². The van der Waals surface area contributed by atoms with Gasteiger partial charge in [-0.25, -0.2) is 0 Å². The van der Waals surface area contributed by atoms with E-state index in [1.165, 1.54) is 6.07 Å². The van der Waals surface area contributed by atoms with E-state index in [0.29, 0.717) is 5.82 Å². The molecule has 3 N–H and O–H groups in total. The molecule has 9 nitrogen and oxygen atoms in total. The largest absolute Gasteiger partial charge is 0.392 e. The number of nitrogen functional groups attached to an aromatic ring is 1. The summed E-state index contributed by atoms with van der Waals surface area (Å²) in [5.41, 5.74) is 4.75. The number of amides is 1. The molecule has 2 rings (SSSR count). The van der Waals surface area contributed by atoms with Crippen molar-refractivity contribution in [1.82, 2.24) is 10.1 Å². The molecule has 1 aromatic carbocycles. The average Bonchev–Trinajstić information content (AvgIpc) is 2.77. The van der Waals surface area contributed by atoms with E-state index in [2.05, 4.69) is 15.5 Å². The molecule has 0 aliphatic carbocycles. The lowest BCUT2D eigenvalue weighted by Gasteiger charge is -2.04. The molecule has 104 valence electrons. The van der Waals surface area contributed by atoms with Crippen molar-refractivity contribution >= 4 is 34.9 Å². The highest BCUT2D eigenvalue weighted by molar-refractivity contribution is 6.34. The summed E-state index contributed by atoms with van der Waals surface area (Å²) in [7, 11) is 0. The molecule has 20 heavy (non-hydrogen) atoms. The van der Waals surface area contributed by atoms with Crippen molar-refractivity contribution in [3.63, 3.8) is 0 Å². The van der Waals surface area contributed by atoms with E-state index in [1.54, 1.807) is 6.92 Å². The van der Waals surface area contributed by atoms with Crippen molar-refractivity contribution in [3.05, 3.63) is 38.7 Å². The highest BCUT2D eigenvalue weighted by Crippen LogP contribution is 2.31. The zero-order chi connectivity index (χ0) is 14.9. The summed E-state index contributed by atoms with van der Waals surface area (Å²) in [6, 6.07) is 2.10. The molecule has 1 aromatic heterocycles. The highest BCUT2D eigenvalue weighted by Gasteiger charge is 2.20. The van der Waals surface area contributed by atoms with Crippen molar-refractivity contribution < 1.29 is 14.2 Å². The van der Waals surface area contributed by atoms with Gasteiger partial charge in [-0.15, -0.1) is 0 Å². The third kappa shape index (κ3) is 2.67. The van der Waals surface area contributed by atoms with Crippen LogP contribution in [0.2, 0.25) is 5.02 Å². The Morgan fingerprint density at radius 2 is 2.25 bits per heavy atom. The van der Waals surface area contributed by atoms with E-state index in [-0.39, 0.29) is 22.3 Å². The second-order valence-electron chi connectivity index (χ2n) is 3.75. The van der Waals surface area contributed by atoms with Gasteiger partial charge in [0.05, 0.1) is 9.95 Å². The fraction of sp³-hybridized carbons (Fsp3) is 0.100. The van der Waals surface area contributed by atoms with Crippen LogP contribution in [0.25, 0.3) is 0 Å². The maximum absolute atomic E-state index is 11.9. The molecule has 2 aromatic rings. The van der Waals surface area contributed by atoms with Crippen LogP contribution in [-0.4, -0.2) is 21.0 Å². The number of aromatic nitrogens is 2. The van der Waals surface area contributed by atoms with Gasteiger partial charge in [-0.3, -0.25) is 20.2 Å². The van der Waals surface area contributed by atoms with Crippen molar-refractivity contribution in [3.8, 4) is 0 Å². The number of carbonyl (C=O) groups is 1. The van der Waals surface area contributed by atoms with Crippen LogP contribution in [0.4, 0.5) is 17.4 Å². The predicted molar refractivity (Wildman–Crippen MR) is 69.5 cm³/mol. The number of nitrogens with two attached hydrogens (primary N) is 1. The van der Waals surface area contributed by atoms with Crippen molar-refractivity contribution in [2.45, 2.75) is 6.92 Å². The maximum atomic E-state index is 11.9. The molecule has 10 heteroatoms. The third-order valence-corrected chi connectivity index (χ3v) is 2.63. The first-order valence-corrected chi connectivity index (χ1v) is 5.61. The highest BCUT2D eigenvalue weighted by atomic mass is 35.5. The molecule has 0 fully saturated rings. The zero-order valence-corrected chi connectivity index (χ0v) is 10.8. The Morgan fingerprint density at radius 1 is 1.55 bits per heavy atom. The lowest BCUT2D eigenvalue weighted by molar-refractivity contribution is -0.383. The lowest BCUT2D eigenvalue weighted by atomic mass is 10.1. The van der Waals surface area contributed by atoms with Crippen LogP contribution in [-0.2, 0) is 0 Å². The van der Waals surface area contributed by atoms with Gasteiger partial charge in [-0.1, -0.05) is 16.8 Å². The fourth-order valence-electron chi connectivity index (χ4n) is 1.40. The van der Waals surface area contributed by atoms with Gasteiger partial charge in [-0.05, 0) is 13.0 Å². The van der Waals surface area contributed by atoms with E-state index < -0.39 is 16.5 Å². The van der Waals surface area contributed by atoms with Gasteiger partial charge in [0, 0.05) is 11.6 Å². The molecule has 0 atom stereocenters. The van der Waals surface area contributed by atoms with Crippen LogP contribution in [0.3, 0.4) is 0 Å². The Morgan fingerprint density at radius 3 is 2.80 bits per heavy atom. The summed E-state index contributed by atoms with van der Waals surface area (Å²) in [4.78, 5) is 25.8. The standard InChI is InChI=1S/C10H8ClN5O4/c1-4-13-10(20-15-4)14-9(17)5-2-6(11)8(12)7(3-5)16(18)19/h2-3H,12H2,1H3,(H,13,14,15,17). The minimum Gasteiger partial charge on any atom is -0.392 e. The van der Waals surface area contributed by atoms with Gasteiger partial charge in [0.2, 0.25) is 0 Å². The summed E-state index contributed by atoms with van der Waals surface area (Å²) in [5.74, 6) is -0.347. The number of hydrogen-bond donors (Lipinski definition) is 2. The number of nitro groups is 1. The molecule has 0 aliphatic heterocycles. The van der Waals surface area contributed by atoms with Gasteiger partial charge >= 0.3 is 6.01 Å². The minimum absolute atomic E-state index is 0.0493. The number of benzene rings is 1. The molecule has 0 saturated heterocycles. The van der Waals surface area contributed by atoms with Gasteiger partial charge in [0.15, 0.2) is 5.82 Å². The molecule has 0 aliphatic rings. The van der Waals surface area contributed by atoms with E-state index in [4.69, 9.17) is 21.9 Å². The van der Waals surface area contributed by atoms with Gasteiger partial charge < -0.3 is 10.3 Å². The fourth-order valence-corrected chi connectivity index (χ4v) is 1.62.